The topological polar surface area (TPSA) is 30.5 Å². The van der Waals surface area contributed by atoms with E-state index in [-0.39, 0.29) is 12.4 Å². The van der Waals surface area contributed by atoms with Crippen molar-refractivity contribution in [3.63, 3.8) is 0 Å². The summed E-state index contributed by atoms with van der Waals surface area (Å²) < 4.78 is 10.5. The molecule has 0 aliphatic heterocycles. The van der Waals surface area contributed by atoms with E-state index < -0.39 is 0 Å². The molecule has 0 radical (unpaired) electrons. The van der Waals surface area contributed by atoms with Gasteiger partial charge in [-0.15, -0.1) is 24.0 Å². The summed E-state index contributed by atoms with van der Waals surface area (Å²) in [7, 11) is 3.30. The van der Waals surface area contributed by atoms with E-state index in [0.29, 0.717) is 5.88 Å². The average molecular weight is 294 g/mol. The second kappa shape index (κ2) is 10.3. The van der Waals surface area contributed by atoms with Crippen molar-refractivity contribution in [2.45, 2.75) is 12.8 Å². The number of alkyl halides is 1. The van der Waals surface area contributed by atoms with Crippen LogP contribution in [0.2, 0.25) is 0 Å². The molecule has 0 aliphatic rings. The van der Waals surface area contributed by atoms with Crippen molar-refractivity contribution in [3.05, 3.63) is 23.8 Å². The zero-order chi connectivity index (χ0) is 12.5. The van der Waals surface area contributed by atoms with Gasteiger partial charge in [-0.25, -0.2) is 0 Å². The van der Waals surface area contributed by atoms with E-state index >= 15 is 0 Å². The number of rotatable bonds is 8. The average Bonchev–Trinajstić information content (AvgIpc) is 2.38. The van der Waals surface area contributed by atoms with Gasteiger partial charge in [0.15, 0.2) is 11.5 Å². The van der Waals surface area contributed by atoms with E-state index in [0.717, 1.165) is 37.4 Å². The van der Waals surface area contributed by atoms with E-state index in [1.807, 2.05) is 12.1 Å². The number of hydrogen-bond donors (Lipinski definition) is 1. The van der Waals surface area contributed by atoms with Gasteiger partial charge in [-0.2, -0.15) is 0 Å². The Hall–Kier alpha value is -0.640. The lowest BCUT2D eigenvalue weighted by atomic mass is 10.1. The lowest BCUT2D eigenvalue weighted by molar-refractivity contribution is 0.354. The number of halogens is 2. The van der Waals surface area contributed by atoms with Gasteiger partial charge in [0.05, 0.1) is 14.2 Å². The molecule has 0 fully saturated rings. The standard InChI is InChI=1S/C13H20ClNO2.ClH/c1-16-12-6-5-11(10-13(12)17-2)4-3-8-15-9-7-14;/h5-6,10,15H,3-4,7-9H2,1-2H3;1H. The number of benzene rings is 1. The zero-order valence-electron chi connectivity index (χ0n) is 10.9. The van der Waals surface area contributed by atoms with Crippen LogP contribution in [0.15, 0.2) is 18.2 Å². The molecule has 104 valence electrons. The highest BCUT2D eigenvalue weighted by Gasteiger charge is 2.03. The maximum Gasteiger partial charge on any atom is 0.160 e. The number of ether oxygens (including phenoxy) is 2. The summed E-state index contributed by atoms with van der Waals surface area (Å²) in [6, 6.07) is 6.05. The van der Waals surface area contributed by atoms with Crippen LogP contribution in [0.1, 0.15) is 12.0 Å². The SMILES string of the molecule is COc1ccc(CCCNCCCl)cc1OC.Cl. The molecule has 0 aliphatic carbocycles. The maximum absolute atomic E-state index is 5.58. The number of hydrogen-bond acceptors (Lipinski definition) is 3. The molecule has 5 heteroatoms. The molecule has 0 aromatic heterocycles. The monoisotopic (exact) mass is 293 g/mol. The highest BCUT2D eigenvalue weighted by molar-refractivity contribution is 6.18. The summed E-state index contributed by atoms with van der Waals surface area (Å²) in [6.07, 6.45) is 2.11. The normalized spacial score (nSPS) is 9.72. The van der Waals surface area contributed by atoms with Crippen LogP contribution in [0.5, 0.6) is 11.5 Å². The summed E-state index contributed by atoms with van der Waals surface area (Å²) in [6.45, 7) is 1.86. The molecule has 18 heavy (non-hydrogen) atoms. The number of methoxy groups -OCH3 is 2. The number of nitrogens with one attached hydrogen (secondary N) is 1. The molecule has 1 rings (SSSR count). The van der Waals surface area contributed by atoms with Crippen LogP contribution in [-0.2, 0) is 6.42 Å². The Morgan fingerprint density at radius 2 is 1.83 bits per heavy atom. The van der Waals surface area contributed by atoms with Gasteiger partial charge in [0.25, 0.3) is 0 Å². The molecule has 0 saturated carbocycles. The van der Waals surface area contributed by atoms with Crippen LogP contribution < -0.4 is 14.8 Å². The molecular formula is C13H21Cl2NO2. The van der Waals surface area contributed by atoms with Crippen LogP contribution in [0.25, 0.3) is 0 Å². The van der Waals surface area contributed by atoms with Gasteiger partial charge in [0.2, 0.25) is 0 Å². The first-order chi connectivity index (χ1) is 8.31. The molecule has 0 heterocycles. The fraction of sp³-hybridized carbons (Fsp3) is 0.538. The largest absolute Gasteiger partial charge is 0.493 e. The van der Waals surface area contributed by atoms with Crippen LogP contribution in [0, 0.1) is 0 Å². The van der Waals surface area contributed by atoms with Gasteiger partial charge < -0.3 is 14.8 Å². The summed E-state index contributed by atoms with van der Waals surface area (Å²) in [5, 5.41) is 3.27. The summed E-state index contributed by atoms with van der Waals surface area (Å²) >= 11 is 5.58. The molecule has 0 bridgehead atoms. The molecule has 0 atom stereocenters. The zero-order valence-corrected chi connectivity index (χ0v) is 12.4. The van der Waals surface area contributed by atoms with Crippen molar-refractivity contribution in [3.8, 4) is 11.5 Å². The third kappa shape index (κ3) is 5.80. The Morgan fingerprint density at radius 3 is 2.44 bits per heavy atom. The Morgan fingerprint density at radius 1 is 1.11 bits per heavy atom. The quantitative estimate of drug-likeness (QED) is 0.591. The second-order valence-corrected chi connectivity index (χ2v) is 4.11. The fourth-order valence-electron chi connectivity index (χ4n) is 1.65. The van der Waals surface area contributed by atoms with Crippen molar-refractivity contribution in [2.24, 2.45) is 0 Å². The molecule has 1 N–H and O–H groups in total. The Labute approximate surface area is 120 Å². The predicted molar refractivity (Wildman–Crippen MR) is 78.7 cm³/mol. The Bertz CT molecular complexity index is 335. The highest BCUT2D eigenvalue weighted by Crippen LogP contribution is 2.27. The highest BCUT2D eigenvalue weighted by atomic mass is 35.5. The molecule has 0 spiro atoms. The van der Waals surface area contributed by atoms with Crippen molar-refractivity contribution < 1.29 is 9.47 Å². The lowest BCUT2D eigenvalue weighted by Gasteiger charge is -2.09. The van der Waals surface area contributed by atoms with Gasteiger partial charge >= 0.3 is 0 Å². The van der Waals surface area contributed by atoms with Gasteiger partial charge in [-0.3, -0.25) is 0 Å². The van der Waals surface area contributed by atoms with Gasteiger partial charge in [-0.1, -0.05) is 6.07 Å². The van der Waals surface area contributed by atoms with Crippen molar-refractivity contribution >= 4 is 24.0 Å². The third-order valence-corrected chi connectivity index (χ3v) is 2.73. The minimum Gasteiger partial charge on any atom is -0.493 e. The molecule has 1 aromatic carbocycles. The van der Waals surface area contributed by atoms with Crippen LogP contribution >= 0.6 is 24.0 Å². The second-order valence-electron chi connectivity index (χ2n) is 3.73. The Kier molecular flexibility index (Phi) is 9.93. The molecule has 1 aromatic rings. The lowest BCUT2D eigenvalue weighted by Crippen LogP contribution is -2.18. The minimum atomic E-state index is 0. The molecule has 0 unspecified atom stereocenters. The van der Waals surface area contributed by atoms with E-state index in [9.17, 15) is 0 Å². The first-order valence-electron chi connectivity index (χ1n) is 5.79. The van der Waals surface area contributed by atoms with Crippen LogP contribution in [-0.4, -0.2) is 33.2 Å². The third-order valence-electron chi connectivity index (χ3n) is 2.54. The van der Waals surface area contributed by atoms with Gasteiger partial charge in [0, 0.05) is 12.4 Å². The summed E-state index contributed by atoms with van der Waals surface area (Å²) in [5.74, 6) is 2.23. The van der Waals surface area contributed by atoms with Crippen LogP contribution in [0.3, 0.4) is 0 Å². The van der Waals surface area contributed by atoms with E-state index in [2.05, 4.69) is 11.4 Å². The fourth-order valence-corrected chi connectivity index (χ4v) is 1.78. The van der Waals surface area contributed by atoms with Crippen molar-refractivity contribution in [1.29, 1.82) is 0 Å². The molecule has 3 nitrogen and oxygen atoms in total. The van der Waals surface area contributed by atoms with Gasteiger partial charge in [0.1, 0.15) is 0 Å². The maximum atomic E-state index is 5.58. The summed E-state index contributed by atoms with van der Waals surface area (Å²) in [5.41, 5.74) is 1.26. The van der Waals surface area contributed by atoms with E-state index in [1.165, 1.54) is 5.56 Å². The first kappa shape index (κ1) is 17.4. The minimum absolute atomic E-state index is 0. The molecule has 0 amide bonds. The van der Waals surface area contributed by atoms with Crippen molar-refractivity contribution in [2.75, 3.05) is 33.2 Å². The first-order valence-corrected chi connectivity index (χ1v) is 6.33. The summed E-state index contributed by atoms with van der Waals surface area (Å²) in [4.78, 5) is 0. The van der Waals surface area contributed by atoms with E-state index in [4.69, 9.17) is 21.1 Å². The predicted octanol–water partition coefficient (Wildman–Crippen LogP) is 2.89. The van der Waals surface area contributed by atoms with Crippen molar-refractivity contribution in [1.82, 2.24) is 5.32 Å². The number of aryl methyl sites for hydroxylation is 1. The molecule has 0 saturated heterocycles. The van der Waals surface area contributed by atoms with Gasteiger partial charge in [-0.05, 0) is 37.1 Å². The Balaban J connectivity index is 0.00000289. The van der Waals surface area contributed by atoms with Crippen LogP contribution in [0.4, 0.5) is 0 Å². The molecular weight excluding hydrogens is 273 g/mol. The smallest absolute Gasteiger partial charge is 0.160 e. The van der Waals surface area contributed by atoms with E-state index in [1.54, 1.807) is 14.2 Å².